The molecule has 0 aromatic rings. The lowest BCUT2D eigenvalue weighted by molar-refractivity contribution is -0.249. The first-order valence-electron chi connectivity index (χ1n) is 5.37. The molecule has 1 heterocycles. The first-order chi connectivity index (χ1) is 6.47. The molecule has 0 amide bonds. The van der Waals surface area contributed by atoms with E-state index in [2.05, 4.69) is 27.7 Å². The molecular formula is C12H22O2. The molecule has 2 heteroatoms. The monoisotopic (exact) mass is 198 g/mol. The van der Waals surface area contributed by atoms with Crippen LogP contribution in [-0.2, 0) is 9.47 Å². The number of rotatable bonds is 2. The van der Waals surface area contributed by atoms with Crippen molar-refractivity contribution in [2.24, 2.45) is 11.3 Å². The fourth-order valence-electron chi connectivity index (χ4n) is 2.06. The second kappa shape index (κ2) is 4.45. The predicted molar refractivity (Wildman–Crippen MR) is 58.0 cm³/mol. The minimum absolute atomic E-state index is 0.117. The van der Waals surface area contributed by atoms with E-state index in [4.69, 9.17) is 9.47 Å². The molecule has 0 bridgehead atoms. The maximum Gasteiger partial charge on any atom is 0.177 e. The molecule has 0 N–H and O–H groups in total. The van der Waals surface area contributed by atoms with Crippen LogP contribution in [0.25, 0.3) is 0 Å². The Labute approximate surface area is 87.3 Å². The van der Waals surface area contributed by atoms with Crippen LogP contribution in [0.4, 0.5) is 0 Å². The van der Waals surface area contributed by atoms with Gasteiger partial charge in [0.25, 0.3) is 0 Å². The summed E-state index contributed by atoms with van der Waals surface area (Å²) in [5.74, 6) is 0.529. The molecule has 0 aromatic carbocycles. The van der Waals surface area contributed by atoms with Gasteiger partial charge in [0.05, 0.1) is 12.7 Å². The molecule has 0 aromatic heterocycles. The van der Waals surface area contributed by atoms with E-state index >= 15 is 0 Å². The van der Waals surface area contributed by atoms with Gasteiger partial charge in [-0.15, -0.1) is 0 Å². The minimum Gasteiger partial charge on any atom is -0.348 e. The van der Waals surface area contributed by atoms with Crippen LogP contribution < -0.4 is 0 Å². The van der Waals surface area contributed by atoms with E-state index in [1.807, 2.05) is 19.1 Å². The van der Waals surface area contributed by atoms with Crippen LogP contribution in [0.3, 0.4) is 0 Å². The van der Waals surface area contributed by atoms with Crippen molar-refractivity contribution >= 4 is 0 Å². The molecule has 2 atom stereocenters. The maximum absolute atomic E-state index is 5.89. The van der Waals surface area contributed by atoms with Crippen LogP contribution in [0.2, 0.25) is 0 Å². The number of ether oxygens (including phenoxy) is 2. The quantitative estimate of drug-likeness (QED) is 0.635. The molecule has 1 saturated heterocycles. The SMILES string of the molecule is C/C=C\[C@H]1OCC(C)(C)[C@H](C(C)C)O1. The summed E-state index contributed by atoms with van der Waals surface area (Å²) >= 11 is 0. The zero-order valence-electron chi connectivity index (χ0n) is 9.91. The second-order valence-corrected chi connectivity index (χ2v) is 4.99. The van der Waals surface area contributed by atoms with E-state index in [1.165, 1.54) is 0 Å². The Bertz CT molecular complexity index is 206. The van der Waals surface area contributed by atoms with E-state index < -0.39 is 0 Å². The van der Waals surface area contributed by atoms with Crippen molar-refractivity contribution < 1.29 is 9.47 Å². The largest absolute Gasteiger partial charge is 0.348 e. The zero-order valence-corrected chi connectivity index (χ0v) is 9.91. The first-order valence-corrected chi connectivity index (χ1v) is 5.37. The fourth-order valence-corrected chi connectivity index (χ4v) is 2.06. The molecular weight excluding hydrogens is 176 g/mol. The lowest BCUT2D eigenvalue weighted by atomic mass is 9.80. The van der Waals surface area contributed by atoms with Crippen molar-refractivity contribution in [1.29, 1.82) is 0 Å². The van der Waals surface area contributed by atoms with Crippen molar-refractivity contribution in [2.45, 2.75) is 47.0 Å². The average molecular weight is 198 g/mol. The summed E-state index contributed by atoms with van der Waals surface area (Å²) in [7, 11) is 0. The van der Waals surface area contributed by atoms with Gasteiger partial charge in [-0.1, -0.05) is 33.8 Å². The van der Waals surface area contributed by atoms with Crippen molar-refractivity contribution in [2.75, 3.05) is 6.61 Å². The van der Waals surface area contributed by atoms with Crippen molar-refractivity contribution in [3.8, 4) is 0 Å². The summed E-state index contributed by atoms with van der Waals surface area (Å²) in [6.07, 6.45) is 4.06. The van der Waals surface area contributed by atoms with Gasteiger partial charge in [0.2, 0.25) is 0 Å². The molecule has 0 saturated carbocycles. The van der Waals surface area contributed by atoms with Crippen LogP contribution >= 0.6 is 0 Å². The molecule has 1 aliphatic rings. The topological polar surface area (TPSA) is 18.5 Å². The summed E-state index contributed by atoms with van der Waals surface area (Å²) in [5, 5.41) is 0. The number of allylic oxidation sites excluding steroid dienone is 1. The van der Waals surface area contributed by atoms with Crippen molar-refractivity contribution in [1.82, 2.24) is 0 Å². The Morgan fingerprint density at radius 1 is 1.36 bits per heavy atom. The van der Waals surface area contributed by atoms with E-state index in [9.17, 15) is 0 Å². The van der Waals surface area contributed by atoms with Crippen LogP contribution in [0.1, 0.15) is 34.6 Å². The van der Waals surface area contributed by atoms with Gasteiger partial charge in [-0.3, -0.25) is 0 Å². The average Bonchev–Trinajstić information content (AvgIpc) is 2.08. The summed E-state index contributed by atoms with van der Waals surface area (Å²) in [4.78, 5) is 0. The predicted octanol–water partition coefficient (Wildman–Crippen LogP) is 2.99. The van der Waals surface area contributed by atoms with Crippen LogP contribution in [0.5, 0.6) is 0 Å². The van der Waals surface area contributed by atoms with Gasteiger partial charge >= 0.3 is 0 Å². The molecule has 14 heavy (non-hydrogen) atoms. The smallest absolute Gasteiger partial charge is 0.177 e. The molecule has 1 rings (SSSR count). The van der Waals surface area contributed by atoms with Gasteiger partial charge in [0, 0.05) is 5.41 Å². The molecule has 0 aliphatic carbocycles. The highest BCUT2D eigenvalue weighted by atomic mass is 16.7. The summed E-state index contributed by atoms with van der Waals surface area (Å²) in [6, 6.07) is 0. The number of hydrogen-bond donors (Lipinski definition) is 0. The Balaban J connectivity index is 2.67. The lowest BCUT2D eigenvalue weighted by Crippen LogP contribution is -2.47. The molecule has 1 aliphatic heterocycles. The van der Waals surface area contributed by atoms with Gasteiger partial charge in [0.1, 0.15) is 0 Å². The van der Waals surface area contributed by atoms with Crippen LogP contribution in [-0.4, -0.2) is 19.0 Å². The van der Waals surface area contributed by atoms with Crippen LogP contribution in [0.15, 0.2) is 12.2 Å². The van der Waals surface area contributed by atoms with Gasteiger partial charge in [-0.05, 0) is 18.9 Å². The Morgan fingerprint density at radius 3 is 2.50 bits per heavy atom. The minimum atomic E-state index is -0.152. The van der Waals surface area contributed by atoms with E-state index in [1.54, 1.807) is 0 Å². The van der Waals surface area contributed by atoms with E-state index in [0.717, 1.165) is 6.61 Å². The highest BCUT2D eigenvalue weighted by Crippen LogP contribution is 2.34. The van der Waals surface area contributed by atoms with Gasteiger partial charge < -0.3 is 9.47 Å². The summed E-state index contributed by atoms with van der Waals surface area (Å²) in [6.45, 7) is 11.5. The van der Waals surface area contributed by atoms with Crippen molar-refractivity contribution in [3.05, 3.63) is 12.2 Å². The highest BCUT2D eigenvalue weighted by Gasteiger charge is 2.38. The third kappa shape index (κ3) is 2.58. The van der Waals surface area contributed by atoms with E-state index in [-0.39, 0.29) is 17.8 Å². The first kappa shape index (κ1) is 11.7. The van der Waals surface area contributed by atoms with Gasteiger partial charge in [0.15, 0.2) is 6.29 Å². The summed E-state index contributed by atoms with van der Waals surface area (Å²) in [5.41, 5.74) is 0.117. The molecule has 0 spiro atoms. The van der Waals surface area contributed by atoms with Gasteiger partial charge in [-0.25, -0.2) is 0 Å². The van der Waals surface area contributed by atoms with Gasteiger partial charge in [-0.2, -0.15) is 0 Å². The lowest BCUT2D eigenvalue weighted by Gasteiger charge is -2.43. The maximum atomic E-state index is 5.89. The molecule has 0 unspecified atom stereocenters. The molecule has 1 fully saturated rings. The Hall–Kier alpha value is -0.340. The third-order valence-corrected chi connectivity index (χ3v) is 2.63. The Kier molecular flexibility index (Phi) is 3.73. The Morgan fingerprint density at radius 2 is 2.00 bits per heavy atom. The standard InChI is InChI=1S/C12H22O2/c1-6-7-10-13-8-12(4,5)11(14-10)9(2)3/h6-7,9-11H,8H2,1-5H3/b7-6-/t10-,11-/m0/s1. The highest BCUT2D eigenvalue weighted by molar-refractivity contribution is 4.90. The molecule has 0 radical (unpaired) electrons. The van der Waals surface area contributed by atoms with E-state index in [0.29, 0.717) is 5.92 Å². The molecule has 82 valence electrons. The fraction of sp³-hybridized carbons (Fsp3) is 0.833. The van der Waals surface area contributed by atoms with Crippen molar-refractivity contribution in [3.63, 3.8) is 0 Å². The number of hydrogen-bond acceptors (Lipinski definition) is 2. The third-order valence-electron chi connectivity index (χ3n) is 2.63. The summed E-state index contributed by atoms with van der Waals surface area (Å²) < 4.78 is 11.5. The molecule has 2 nitrogen and oxygen atoms in total. The zero-order chi connectivity index (χ0) is 10.8. The normalized spacial score (nSPS) is 32.7. The van der Waals surface area contributed by atoms with Crippen LogP contribution in [0, 0.1) is 11.3 Å². The second-order valence-electron chi connectivity index (χ2n) is 4.99.